The highest BCUT2D eigenvalue weighted by molar-refractivity contribution is 6.55. The van der Waals surface area contributed by atoms with E-state index in [1.807, 2.05) is 58.9 Å². The minimum Gasteiger partial charge on any atom is -0.489 e. The molecule has 0 fully saturated rings. The van der Waals surface area contributed by atoms with Crippen LogP contribution in [0.3, 0.4) is 0 Å². The number of rotatable bonds is 9. The van der Waals surface area contributed by atoms with E-state index in [0.717, 1.165) is 17.2 Å². The van der Waals surface area contributed by atoms with Crippen LogP contribution >= 0.6 is 23.2 Å². The fourth-order valence-electron chi connectivity index (χ4n) is 2.65. The molecule has 0 heterocycles. The van der Waals surface area contributed by atoms with Gasteiger partial charge in [0, 0.05) is 5.92 Å². The van der Waals surface area contributed by atoms with Crippen molar-refractivity contribution in [3.05, 3.63) is 70.2 Å². The zero-order chi connectivity index (χ0) is 23.0. The second-order valence-electron chi connectivity index (χ2n) is 8.36. The summed E-state index contributed by atoms with van der Waals surface area (Å²) in [6.07, 6.45) is 1.43. The molecule has 0 aliphatic carbocycles. The average molecular weight is 464 g/mol. The van der Waals surface area contributed by atoms with Crippen LogP contribution in [-0.4, -0.2) is 24.0 Å². The third-order valence-corrected chi connectivity index (χ3v) is 4.92. The van der Waals surface area contributed by atoms with Gasteiger partial charge in [0.15, 0.2) is 0 Å². The van der Waals surface area contributed by atoms with E-state index in [0.29, 0.717) is 6.61 Å². The molecule has 0 N–H and O–H groups in total. The molecule has 2 unspecified atom stereocenters. The Morgan fingerprint density at radius 3 is 1.94 bits per heavy atom. The maximum Gasteiger partial charge on any atom is 0.137 e. The number of halogens is 2. The minimum atomic E-state index is -0.321. The molecule has 2 aromatic carbocycles. The molecule has 2 aromatic rings. The molecule has 0 bridgehead atoms. The Labute approximate surface area is 195 Å². The highest BCUT2D eigenvalue weighted by Gasteiger charge is 2.14. The Morgan fingerprint density at radius 2 is 1.45 bits per heavy atom. The van der Waals surface area contributed by atoms with E-state index in [1.165, 1.54) is 11.1 Å². The van der Waals surface area contributed by atoms with Crippen LogP contribution in [-0.2, 0) is 4.84 Å². The van der Waals surface area contributed by atoms with E-state index < -0.39 is 0 Å². The van der Waals surface area contributed by atoms with Crippen LogP contribution < -0.4 is 9.47 Å². The van der Waals surface area contributed by atoms with Gasteiger partial charge in [0.1, 0.15) is 34.3 Å². The molecule has 0 aromatic heterocycles. The molecule has 6 heteroatoms. The van der Waals surface area contributed by atoms with Gasteiger partial charge in [0.2, 0.25) is 0 Å². The Hall–Kier alpha value is -2.17. The minimum absolute atomic E-state index is 0.179. The Bertz CT molecular complexity index is 880. The van der Waals surface area contributed by atoms with Crippen molar-refractivity contribution in [3.8, 4) is 11.5 Å². The van der Waals surface area contributed by atoms with E-state index in [-0.39, 0.29) is 22.1 Å². The number of ether oxygens (including phenoxy) is 2. The van der Waals surface area contributed by atoms with Crippen molar-refractivity contribution in [2.45, 2.75) is 59.2 Å². The summed E-state index contributed by atoms with van der Waals surface area (Å²) >= 11 is 11.2. The lowest BCUT2D eigenvalue weighted by Gasteiger charge is -2.19. The van der Waals surface area contributed by atoms with E-state index in [4.69, 9.17) is 37.5 Å². The molecule has 0 saturated carbocycles. The molecule has 0 aliphatic heterocycles. The summed E-state index contributed by atoms with van der Waals surface area (Å²) < 4.78 is 11.8. The molecule has 0 spiro atoms. The summed E-state index contributed by atoms with van der Waals surface area (Å²) in [7, 11) is 0. The smallest absolute Gasteiger partial charge is 0.137 e. The summed E-state index contributed by atoms with van der Waals surface area (Å²) in [6.45, 7) is 12.3. The largest absolute Gasteiger partial charge is 0.489 e. The van der Waals surface area contributed by atoms with Crippen molar-refractivity contribution in [2.24, 2.45) is 5.16 Å². The average Bonchev–Trinajstić information content (AvgIpc) is 2.71. The summed E-state index contributed by atoms with van der Waals surface area (Å²) in [6, 6.07) is 16.2. The lowest BCUT2D eigenvalue weighted by Crippen LogP contribution is -2.24. The first-order valence-corrected chi connectivity index (χ1v) is 11.0. The molecule has 31 heavy (non-hydrogen) atoms. The third-order valence-electron chi connectivity index (χ3n) is 4.61. The molecule has 2 rings (SSSR count). The van der Waals surface area contributed by atoms with Gasteiger partial charge < -0.3 is 14.3 Å². The van der Waals surface area contributed by atoms with Gasteiger partial charge in [-0.3, -0.25) is 0 Å². The standard InChI is InChI=1S/C25H31Cl2NO3/c1-17(20-7-11-22(12-8-20)29-16-15-24(26)27)21-9-13-23(14-10-21)30-19(3)18(2)28-31-25(4,5)6/h7-15,17,19H,16H2,1-6H3. The van der Waals surface area contributed by atoms with Crippen molar-refractivity contribution in [1.82, 2.24) is 0 Å². The lowest BCUT2D eigenvalue weighted by atomic mass is 9.93. The normalized spacial score (nSPS) is 13.9. The van der Waals surface area contributed by atoms with Crippen molar-refractivity contribution in [2.75, 3.05) is 6.61 Å². The Kier molecular flexibility index (Phi) is 9.27. The summed E-state index contributed by atoms with van der Waals surface area (Å²) in [4.78, 5) is 5.47. The third kappa shape index (κ3) is 8.84. The molecular weight excluding hydrogens is 433 g/mol. The van der Waals surface area contributed by atoms with Crippen LogP contribution in [0.5, 0.6) is 11.5 Å². The van der Waals surface area contributed by atoms with Gasteiger partial charge >= 0.3 is 0 Å². The van der Waals surface area contributed by atoms with Crippen LogP contribution in [0.2, 0.25) is 0 Å². The maximum atomic E-state index is 6.00. The molecule has 0 aliphatic rings. The molecule has 0 radical (unpaired) electrons. The van der Waals surface area contributed by atoms with Crippen molar-refractivity contribution in [1.29, 1.82) is 0 Å². The van der Waals surface area contributed by atoms with Gasteiger partial charge in [-0.05, 0) is 76.1 Å². The van der Waals surface area contributed by atoms with Gasteiger partial charge in [-0.15, -0.1) is 0 Å². The lowest BCUT2D eigenvalue weighted by molar-refractivity contribution is -0.000604. The van der Waals surface area contributed by atoms with E-state index in [1.54, 1.807) is 6.08 Å². The number of hydrogen-bond donors (Lipinski definition) is 0. The summed E-state index contributed by atoms with van der Waals surface area (Å²) in [5.74, 6) is 1.80. The van der Waals surface area contributed by atoms with E-state index >= 15 is 0 Å². The van der Waals surface area contributed by atoms with Crippen LogP contribution in [0.4, 0.5) is 0 Å². The zero-order valence-corrected chi connectivity index (χ0v) is 20.5. The molecule has 0 saturated heterocycles. The molecule has 168 valence electrons. The maximum absolute atomic E-state index is 6.00. The molecule has 2 atom stereocenters. The SMILES string of the molecule is CC(=NOC(C)(C)C)C(C)Oc1ccc(C(C)c2ccc(OCC=C(Cl)Cl)cc2)cc1. The Morgan fingerprint density at radius 1 is 0.935 bits per heavy atom. The Balaban J connectivity index is 1.97. The van der Waals surface area contributed by atoms with Crippen LogP contribution in [0.15, 0.2) is 64.3 Å². The van der Waals surface area contributed by atoms with Crippen LogP contribution in [0.25, 0.3) is 0 Å². The molecule has 0 amide bonds. The second kappa shape index (κ2) is 11.4. The van der Waals surface area contributed by atoms with Gasteiger partial charge in [-0.2, -0.15) is 0 Å². The number of nitrogens with zero attached hydrogens (tertiary/aromatic N) is 1. The van der Waals surface area contributed by atoms with Gasteiger partial charge in [-0.1, -0.05) is 59.5 Å². The first kappa shape index (κ1) is 25.1. The summed E-state index contributed by atoms with van der Waals surface area (Å²) in [5.41, 5.74) is 2.87. The predicted molar refractivity (Wildman–Crippen MR) is 130 cm³/mol. The fourth-order valence-corrected chi connectivity index (χ4v) is 2.78. The van der Waals surface area contributed by atoms with Gasteiger partial charge in [0.25, 0.3) is 0 Å². The number of oxime groups is 1. The quantitative estimate of drug-likeness (QED) is 0.285. The van der Waals surface area contributed by atoms with Gasteiger partial charge in [0.05, 0.1) is 5.71 Å². The monoisotopic (exact) mass is 463 g/mol. The number of hydrogen-bond acceptors (Lipinski definition) is 4. The van der Waals surface area contributed by atoms with E-state index in [9.17, 15) is 0 Å². The number of benzene rings is 2. The van der Waals surface area contributed by atoms with Crippen LogP contribution in [0.1, 0.15) is 58.6 Å². The highest BCUT2D eigenvalue weighted by atomic mass is 35.5. The fraction of sp³-hybridized carbons (Fsp3) is 0.400. The van der Waals surface area contributed by atoms with Crippen LogP contribution in [0, 0.1) is 0 Å². The first-order valence-electron chi connectivity index (χ1n) is 10.3. The first-order chi connectivity index (χ1) is 14.5. The zero-order valence-electron chi connectivity index (χ0n) is 19.0. The highest BCUT2D eigenvalue weighted by Crippen LogP contribution is 2.27. The van der Waals surface area contributed by atoms with Crippen molar-refractivity contribution in [3.63, 3.8) is 0 Å². The second-order valence-corrected chi connectivity index (χ2v) is 9.37. The predicted octanol–water partition coefficient (Wildman–Crippen LogP) is 7.49. The molecule has 4 nitrogen and oxygen atoms in total. The molecular formula is C25H31Cl2NO3. The van der Waals surface area contributed by atoms with Gasteiger partial charge in [-0.25, -0.2) is 0 Å². The van der Waals surface area contributed by atoms with Crippen molar-refractivity contribution >= 4 is 28.9 Å². The van der Waals surface area contributed by atoms with Crippen molar-refractivity contribution < 1.29 is 14.3 Å². The topological polar surface area (TPSA) is 40.0 Å². The summed E-state index contributed by atoms with van der Waals surface area (Å²) in [5, 5.41) is 4.18. The van der Waals surface area contributed by atoms with E-state index in [2.05, 4.69) is 36.3 Å².